The summed E-state index contributed by atoms with van der Waals surface area (Å²) in [5.74, 6) is -2.07. The largest absolute Gasteiger partial charge is 0.507 e. The average Bonchev–Trinajstić information content (AvgIpc) is 3.14. The number of aromatic nitrogens is 1. The number of carbonyl (C=O) groups excluding carboxylic acids is 3. The summed E-state index contributed by atoms with van der Waals surface area (Å²) in [4.78, 5) is 43.7. The second-order valence-corrected chi connectivity index (χ2v) is 8.21. The van der Waals surface area contributed by atoms with Crippen LogP contribution in [0.3, 0.4) is 0 Å². The van der Waals surface area contributed by atoms with Crippen LogP contribution in [0, 0.1) is 0 Å². The van der Waals surface area contributed by atoms with E-state index in [0.717, 1.165) is 10.8 Å². The van der Waals surface area contributed by atoms with Crippen LogP contribution >= 0.6 is 0 Å². The Balaban J connectivity index is 1.73. The predicted molar refractivity (Wildman–Crippen MR) is 134 cm³/mol. The minimum Gasteiger partial charge on any atom is -0.507 e. The van der Waals surface area contributed by atoms with E-state index >= 15 is 0 Å². The summed E-state index contributed by atoms with van der Waals surface area (Å²) in [5, 5.41) is 15.8. The molecule has 1 aliphatic rings. The molecule has 2 N–H and O–H groups in total. The molecule has 7 heteroatoms. The van der Waals surface area contributed by atoms with Crippen molar-refractivity contribution in [2.24, 2.45) is 0 Å². The van der Waals surface area contributed by atoms with Crippen LogP contribution in [-0.2, 0) is 14.4 Å². The Bertz CT molecular complexity index is 1510. The van der Waals surface area contributed by atoms with Crippen molar-refractivity contribution in [1.29, 1.82) is 0 Å². The molecule has 172 valence electrons. The highest BCUT2D eigenvalue weighted by atomic mass is 16.3. The SMILES string of the molecule is CC(=O)Nc1cccc(N2C(=O)C(=O)/C(=C(\O)c3cccc4ccccc34)C2c2ccncc2)c1. The number of hydrogen-bond donors (Lipinski definition) is 2. The van der Waals surface area contributed by atoms with Crippen LogP contribution in [-0.4, -0.2) is 27.7 Å². The molecule has 1 aliphatic heterocycles. The van der Waals surface area contributed by atoms with E-state index in [2.05, 4.69) is 10.3 Å². The third kappa shape index (κ3) is 3.93. The Hall–Kier alpha value is -4.78. The molecule has 1 atom stereocenters. The fourth-order valence-electron chi connectivity index (χ4n) is 4.47. The van der Waals surface area contributed by atoms with Gasteiger partial charge >= 0.3 is 0 Å². The first-order valence-corrected chi connectivity index (χ1v) is 11.0. The normalized spacial score (nSPS) is 17.1. The maximum atomic E-state index is 13.4. The van der Waals surface area contributed by atoms with Crippen molar-refractivity contribution in [3.05, 3.63) is 108 Å². The maximum Gasteiger partial charge on any atom is 0.300 e. The lowest BCUT2D eigenvalue weighted by Gasteiger charge is -2.25. The molecule has 0 spiro atoms. The fourth-order valence-corrected chi connectivity index (χ4v) is 4.47. The number of aliphatic hydroxyl groups is 1. The maximum absolute atomic E-state index is 13.4. The van der Waals surface area contributed by atoms with Crippen molar-refractivity contribution in [1.82, 2.24) is 4.98 Å². The highest BCUT2D eigenvalue weighted by Crippen LogP contribution is 2.43. The van der Waals surface area contributed by atoms with Gasteiger partial charge in [-0.25, -0.2) is 0 Å². The van der Waals surface area contributed by atoms with Gasteiger partial charge in [0, 0.05) is 36.3 Å². The van der Waals surface area contributed by atoms with Crippen LogP contribution in [0.15, 0.2) is 96.8 Å². The number of Topliss-reactive ketones (excluding diaryl/α,β-unsaturated/α-hetero) is 1. The molecule has 0 saturated carbocycles. The Morgan fingerprint density at radius 2 is 1.66 bits per heavy atom. The van der Waals surface area contributed by atoms with Crippen LogP contribution in [0.5, 0.6) is 0 Å². The number of pyridine rings is 1. The summed E-state index contributed by atoms with van der Waals surface area (Å²) in [6.45, 7) is 1.39. The molecule has 0 bridgehead atoms. The van der Waals surface area contributed by atoms with Crippen molar-refractivity contribution in [3.63, 3.8) is 0 Å². The van der Waals surface area contributed by atoms with Crippen molar-refractivity contribution in [3.8, 4) is 0 Å². The number of rotatable bonds is 4. The van der Waals surface area contributed by atoms with Gasteiger partial charge in [0.2, 0.25) is 5.91 Å². The summed E-state index contributed by atoms with van der Waals surface area (Å²) in [5.41, 5.74) is 1.97. The van der Waals surface area contributed by atoms with E-state index in [4.69, 9.17) is 0 Å². The second kappa shape index (κ2) is 8.87. The van der Waals surface area contributed by atoms with Crippen LogP contribution in [0.2, 0.25) is 0 Å². The van der Waals surface area contributed by atoms with E-state index < -0.39 is 17.7 Å². The van der Waals surface area contributed by atoms with Gasteiger partial charge in [-0.15, -0.1) is 0 Å². The first-order chi connectivity index (χ1) is 17.0. The number of hydrogen-bond acceptors (Lipinski definition) is 5. The third-order valence-electron chi connectivity index (χ3n) is 5.96. The highest BCUT2D eigenvalue weighted by Gasteiger charge is 2.47. The van der Waals surface area contributed by atoms with E-state index in [9.17, 15) is 19.5 Å². The molecule has 0 radical (unpaired) electrons. The van der Waals surface area contributed by atoms with E-state index in [1.54, 1.807) is 60.9 Å². The van der Waals surface area contributed by atoms with Gasteiger partial charge in [0.05, 0.1) is 11.6 Å². The van der Waals surface area contributed by atoms with Crippen molar-refractivity contribution < 1.29 is 19.5 Å². The Morgan fingerprint density at radius 1 is 0.943 bits per heavy atom. The van der Waals surface area contributed by atoms with Crippen LogP contribution in [0.25, 0.3) is 16.5 Å². The molecule has 1 fully saturated rings. The van der Waals surface area contributed by atoms with E-state index in [1.807, 2.05) is 30.3 Å². The smallest absolute Gasteiger partial charge is 0.300 e. The van der Waals surface area contributed by atoms with Crippen LogP contribution in [0.1, 0.15) is 24.1 Å². The monoisotopic (exact) mass is 463 g/mol. The Kier molecular flexibility index (Phi) is 5.58. The number of ketones is 1. The first-order valence-electron chi connectivity index (χ1n) is 11.0. The van der Waals surface area contributed by atoms with E-state index in [0.29, 0.717) is 22.5 Å². The Labute approximate surface area is 201 Å². The molecule has 1 saturated heterocycles. The molecule has 3 aromatic carbocycles. The second-order valence-electron chi connectivity index (χ2n) is 8.21. The van der Waals surface area contributed by atoms with Crippen LogP contribution < -0.4 is 10.2 Å². The number of amides is 2. The molecular formula is C28H21N3O4. The molecular weight excluding hydrogens is 442 g/mol. The zero-order chi connectivity index (χ0) is 24.5. The summed E-state index contributed by atoms with van der Waals surface area (Å²) in [6.07, 6.45) is 3.14. The standard InChI is InChI=1S/C28H21N3O4/c1-17(32)30-20-8-5-9-21(16-20)31-25(19-12-14-29-15-13-19)24(27(34)28(31)35)26(33)23-11-4-7-18-6-2-3-10-22(18)23/h2-16,25,33H,1H3,(H,30,32)/b26-24-. The number of aliphatic hydroxyl groups excluding tert-OH is 1. The topological polar surface area (TPSA) is 99.6 Å². The van der Waals surface area contributed by atoms with E-state index in [1.165, 1.54) is 11.8 Å². The number of nitrogens with zero attached hydrogens (tertiary/aromatic N) is 2. The third-order valence-corrected chi connectivity index (χ3v) is 5.96. The van der Waals surface area contributed by atoms with Crippen molar-refractivity contribution in [2.75, 3.05) is 10.2 Å². The molecule has 2 amide bonds. The molecule has 7 nitrogen and oxygen atoms in total. The number of nitrogens with one attached hydrogen (secondary N) is 1. The lowest BCUT2D eigenvalue weighted by Crippen LogP contribution is -2.29. The molecule has 2 heterocycles. The molecule has 0 aliphatic carbocycles. The van der Waals surface area contributed by atoms with Crippen LogP contribution in [0.4, 0.5) is 11.4 Å². The Morgan fingerprint density at radius 3 is 2.43 bits per heavy atom. The van der Waals surface area contributed by atoms with Gasteiger partial charge < -0.3 is 10.4 Å². The first kappa shape index (κ1) is 22.0. The summed E-state index contributed by atoms with van der Waals surface area (Å²) in [6, 6.07) is 22.2. The van der Waals surface area contributed by atoms with Gasteiger partial charge in [0.15, 0.2) is 0 Å². The lowest BCUT2D eigenvalue weighted by molar-refractivity contribution is -0.132. The molecule has 1 aromatic heterocycles. The molecule has 35 heavy (non-hydrogen) atoms. The predicted octanol–water partition coefficient (Wildman–Crippen LogP) is 4.82. The summed E-state index contributed by atoms with van der Waals surface area (Å²) >= 11 is 0. The minimum atomic E-state index is -0.885. The van der Waals surface area contributed by atoms with E-state index in [-0.39, 0.29) is 17.2 Å². The van der Waals surface area contributed by atoms with Gasteiger partial charge in [-0.1, -0.05) is 48.5 Å². The number of benzene rings is 3. The van der Waals surface area contributed by atoms with Gasteiger partial charge in [-0.05, 0) is 46.7 Å². The fraction of sp³-hybridized carbons (Fsp3) is 0.0714. The van der Waals surface area contributed by atoms with Gasteiger partial charge in [-0.3, -0.25) is 24.3 Å². The quantitative estimate of drug-likeness (QED) is 0.257. The number of anilines is 2. The van der Waals surface area contributed by atoms with Gasteiger partial charge in [0.1, 0.15) is 5.76 Å². The molecule has 4 aromatic rings. The zero-order valence-electron chi connectivity index (χ0n) is 18.8. The number of fused-ring (bicyclic) bond motifs is 1. The summed E-state index contributed by atoms with van der Waals surface area (Å²) in [7, 11) is 0. The zero-order valence-corrected chi connectivity index (χ0v) is 18.8. The average molecular weight is 463 g/mol. The van der Waals surface area contributed by atoms with Crippen molar-refractivity contribution >= 4 is 45.5 Å². The molecule has 1 unspecified atom stereocenters. The highest BCUT2D eigenvalue weighted by molar-refractivity contribution is 6.51. The number of carbonyl (C=O) groups is 3. The van der Waals surface area contributed by atoms with Gasteiger partial charge in [-0.2, -0.15) is 0 Å². The minimum absolute atomic E-state index is 0.0116. The van der Waals surface area contributed by atoms with Gasteiger partial charge in [0.25, 0.3) is 11.7 Å². The summed E-state index contributed by atoms with van der Waals surface area (Å²) < 4.78 is 0. The van der Waals surface area contributed by atoms with Crippen molar-refractivity contribution in [2.45, 2.75) is 13.0 Å². The molecule has 5 rings (SSSR count). The lowest BCUT2D eigenvalue weighted by atomic mass is 9.93.